The summed E-state index contributed by atoms with van der Waals surface area (Å²) in [4.78, 5) is 9.74. The maximum Gasteiger partial charge on any atom is 0.330 e. The van der Waals surface area contributed by atoms with Gasteiger partial charge in [-0.15, -0.1) is 0 Å². The molecule has 9 heavy (non-hydrogen) atoms. The zero-order chi connectivity index (χ0) is 6.91. The van der Waals surface area contributed by atoms with E-state index in [0.717, 1.165) is 0 Å². The van der Waals surface area contributed by atoms with E-state index in [1.165, 1.54) is 6.92 Å². The number of carbonyl (C=O) groups is 1. The van der Waals surface area contributed by atoms with Crippen LogP contribution < -0.4 is 0 Å². The van der Waals surface area contributed by atoms with Crippen LogP contribution >= 0.6 is 0 Å². The minimum atomic E-state index is -1.12. The van der Waals surface area contributed by atoms with Crippen LogP contribution in [0.5, 0.6) is 0 Å². The number of carbonyl (C=O) groups excluding carboxylic acids is 1. The summed E-state index contributed by atoms with van der Waals surface area (Å²) in [7, 11) is 0. The number of hydrogen-bond donors (Lipinski definition) is 0. The molecule has 0 amide bonds. The van der Waals surface area contributed by atoms with Crippen LogP contribution in [-0.4, -0.2) is 18.7 Å². The van der Waals surface area contributed by atoms with E-state index in [1.54, 1.807) is 6.92 Å². The zero-order valence-electron chi connectivity index (χ0n) is 5.29. The summed E-state index contributed by atoms with van der Waals surface area (Å²) < 4.78 is 14.2. The van der Waals surface area contributed by atoms with Crippen molar-refractivity contribution in [1.82, 2.24) is 0 Å². The first-order chi connectivity index (χ1) is 4.16. The Bertz CT molecular complexity index is 116. The molecule has 0 aromatic rings. The monoisotopic (exact) mass is 132 g/mol. The normalized spacial score (nSPS) is 41.3. The van der Waals surface area contributed by atoms with Crippen molar-refractivity contribution in [2.75, 3.05) is 0 Å². The maximum absolute atomic E-state index is 9.74. The first kappa shape index (κ1) is 6.51. The van der Waals surface area contributed by atoms with E-state index in [2.05, 4.69) is 4.74 Å². The third kappa shape index (κ3) is 1.20. The Morgan fingerprint density at radius 2 is 2.22 bits per heavy atom. The van der Waals surface area contributed by atoms with E-state index in [4.69, 9.17) is 9.47 Å². The highest BCUT2D eigenvalue weighted by molar-refractivity contribution is 5.37. The Balaban J connectivity index is 2.31. The van der Waals surface area contributed by atoms with E-state index in [-0.39, 0.29) is 6.29 Å². The predicted octanol–water partition coefficient (Wildman–Crippen LogP) is 0.226. The lowest BCUT2D eigenvalue weighted by Gasteiger charge is -2.40. The largest absolute Gasteiger partial charge is 0.410 e. The SMILES string of the molecule is CC1OC(C)(OC=O)O1. The minimum Gasteiger partial charge on any atom is -0.410 e. The number of hydrogen-bond acceptors (Lipinski definition) is 4. The lowest BCUT2D eigenvalue weighted by molar-refractivity contribution is -0.513. The average molecular weight is 132 g/mol. The van der Waals surface area contributed by atoms with Crippen molar-refractivity contribution in [2.45, 2.75) is 26.1 Å². The van der Waals surface area contributed by atoms with E-state index in [1.807, 2.05) is 0 Å². The van der Waals surface area contributed by atoms with Crippen molar-refractivity contribution in [1.29, 1.82) is 0 Å². The molecule has 1 aliphatic heterocycles. The lowest BCUT2D eigenvalue weighted by Crippen LogP contribution is -2.51. The molecule has 0 N–H and O–H groups in total. The van der Waals surface area contributed by atoms with Crippen LogP contribution in [0.1, 0.15) is 13.8 Å². The highest BCUT2D eigenvalue weighted by atomic mass is 17.0. The second-order valence-electron chi connectivity index (χ2n) is 1.88. The third-order valence-electron chi connectivity index (χ3n) is 1.02. The van der Waals surface area contributed by atoms with Crippen molar-refractivity contribution in [3.05, 3.63) is 0 Å². The van der Waals surface area contributed by atoms with Gasteiger partial charge in [0, 0.05) is 6.92 Å². The van der Waals surface area contributed by atoms with Gasteiger partial charge in [0.1, 0.15) is 0 Å². The van der Waals surface area contributed by atoms with Gasteiger partial charge in [-0.3, -0.25) is 14.3 Å². The molecule has 0 atom stereocenters. The Morgan fingerprint density at radius 1 is 1.67 bits per heavy atom. The van der Waals surface area contributed by atoms with E-state index in [9.17, 15) is 4.79 Å². The van der Waals surface area contributed by atoms with Gasteiger partial charge >= 0.3 is 5.97 Å². The fraction of sp³-hybridized carbons (Fsp3) is 0.800. The Kier molecular flexibility index (Phi) is 1.42. The van der Waals surface area contributed by atoms with Gasteiger partial charge in [-0.05, 0) is 6.92 Å². The van der Waals surface area contributed by atoms with Crippen LogP contribution in [0, 0.1) is 0 Å². The second kappa shape index (κ2) is 1.97. The molecule has 1 rings (SSSR count). The molecule has 1 aliphatic rings. The van der Waals surface area contributed by atoms with Crippen molar-refractivity contribution in [3.63, 3.8) is 0 Å². The van der Waals surface area contributed by atoms with Crippen LogP contribution in [-0.2, 0) is 19.0 Å². The molecule has 0 radical (unpaired) electrons. The molecule has 0 aromatic carbocycles. The molecule has 1 fully saturated rings. The van der Waals surface area contributed by atoms with Crippen molar-refractivity contribution in [3.8, 4) is 0 Å². The molecule has 0 spiro atoms. The van der Waals surface area contributed by atoms with Crippen LogP contribution in [0.2, 0.25) is 0 Å². The highest BCUT2D eigenvalue weighted by Crippen LogP contribution is 2.28. The van der Waals surface area contributed by atoms with E-state index in [0.29, 0.717) is 6.47 Å². The fourth-order valence-electron chi connectivity index (χ4n) is 0.755. The summed E-state index contributed by atoms with van der Waals surface area (Å²) >= 11 is 0. The Labute approximate surface area is 52.7 Å². The van der Waals surface area contributed by atoms with Crippen molar-refractivity contribution >= 4 is 6.47 Å². The molecule has 0 saturated carbocycles. The molecule has 0 aromatic heterocycles. The van der Waals surface area contributed by atoms with Gasteiger partial charge in [0.25, 0.3) is 6.47 Å². The van der Waals surface area contributed by atoms with Crippen LogP contribution in [0.25, 0.3) is 0 Å². The van der Waals surface area contributed by atoms with Gasteiger partial charge in [0.2, 0.25) is 0 Å². The lowest BCUT2D eigenvalue weighted by atomic mass is 10.5. The van der Waals surface area contributed by atoms with Gasteiger partial charge in [0.05, 0.1) is 0 Å². The molecule has 1 saturated heterocycles. The average Bonchev–Trinajstić information content (AvgIpc) is 1.62. The molecule has 1 heterocycles. The summed E-state index contributed by atoms with van der Waals surface area (Å²) in [5, 5.41) is 0. The van der Waals surface area contributed by atoms with Gasteiger partial charge in [-0.25, -0.2) is 0 Å². The molecule has 52 valence electrons. The molecule has 0 aliphatic carbocycles. The summed E-state index contributed by atoms with van der Waals surface area (Å²) in [6.45, 7) is 3.54. The van der Waals surface area contributed by atoms with Gasteiger partial charge in [-0.2, -0.15) is 0 Å². The third-order valence-corrected chi connectivity index (χ3v) is 1.02. The summed E-state index contributed by atoms with van der Waals surface area (Å²) in [5.41, 5.74) is 0. The molecule has 0 unspecified atom stereocenters. The summed E-state index contributed by atoms with van der Waals surface area (Å²) in [6.07, 6.45) is -0.269. The predicted molar refractivity (Wildman–Crippen MR) is 27.2 cm³/mol. The van der Waals surface area contributed by atoms with Crippen LogP contribution in [0.4, 0.5) is 0 Å². The van der Waals surface area contributed by atoms with Gasteiger partial charge < -0.3 is 4.74 Å². The number of ether oxygens (including phenoxy) is 3. The van der Waals surface area contributed by atoms with Gasteiger partial charge in [-0.1, -0.05) is 0 Å². The van der Waals surface area contributed by atoms with Crippen LogP contribution in [0.15, 0.2) is 0 Å². The minimum absolute atomic E-state index is 0.269. The summed E-state index contributed by atoms with van der Waals surface area (Å²) in [5.74, 6) is -1.12. The topological polar surface area (TPSA) is 44.8 Å². The van der Waals surface area contributed by atoms with Crippen molar-refractivity contribution in [2.24, 2.45) is 0 Å². The molecular weight excluding hydrogens is 124 g/mol. The number of rotatable bonds is 2. The Hall–Kier alpha value is -0.610. The zero-order valence-corrected chi connectivity index (χ0v) is 5.29. The van der Waals surface area contributed by atoms with Crippen LogP contribution in [0.3, 0.4) is 0 Å². The highest BCUT2D eigenvalue weighted by Gasteiger charge is 2.42. The molecule has 4 nitrogen and oxygen atoms in total. The van der Waals surface area contributed by atoms with Gasteiger partial charge in [0.15, 0.2) is 6.29 Å². The van der Waals surface area contributed by atoms with Crippen molar-refractivity contribution < 1.29 is 19.0 Å². The first-order valence-electron chi connectivity index (χ1n) is 2.63. The molecule has 4 heteroatoms. The fourth-order valence-corrected chi connectivity index (χ4v) is 0.755. The maximum atomic E-state index is 9.74. The van der Waals surface area contributed by atoms with E-state index < -0.39 is 5.97 Å². The summed E-state index contributed by atoms with van der Waals surface area (Å²) in [6, 6.07) is 0. The van der Waals surface area contributed by atoms with E-state index >= 15 is 0 Å². The molecule has 0 bridgehead atoms. The Morgan fingerprint density at radius 3 is 2.56 bits per heavy atom. The first-order valence-corrected chi connectivity index (χ1v) is 2.63. The quantitative estimate of drug-likeness (QED) is 0.504. The molecular formula is C5H8O4. The smallest absolute Gasteiger partial charge is 0.330 e. The standard InChI is InChI=1S/C5H8O4/c1-4-8-5(2,9-4)7-3-6/h3-4H,1-2H3. The second-order valence-corrected chi connectivity index (χ2v) is 1.88.